The van der Waals surface area contributed by atoms with Gasteiger partial charge in [-0.25, -0.2) is 14.3 Å². The van der Waals surface area contributed by atoms with Crippen LogP contribution in [0.4, 0.5) is 5.82 Å². The van der Waals surface area contributed by atoms with E-state index in [1.165, 1.54) is 17.9 Å². The third-order valence-electron chi connectivity index (χ3n) is 4.27. The number of benzene rings is 2. The monoisotopic (exact) mass is 393 g/mol. The van der Waals surface area contributed by atoms with E-state index in [0.717, 1.165) is 11.1 Å². The molecule has 2 aromatic carbocycles. The largest absolute Gasteiger partial charge is 0.489 e. The van der Waals surface area contributed by atoms with Gasteiger partial charge in [0, 0.05) is 6.08 Å². The summed E-state index contributed by atoms with van der Waals surface area (Å²) < 4.78 is 11.8. The molecule has 1 aromatic heterocycles. The molecule has 0 aliphatic rings. The molecule has 3 aromatic rings. The molecular weight excluding hydrogens is 374 g/mol. The molecule has 1 heterocycles. The maximum absolute atomic E-state index is 11.4. The number of nitro groups is 1. The van der Waals surface area contributed by atoms with Crippen molar-refractivity contribution >= 4 is 23.9 Å². The Morgan fingerprint density at radius 3 is 2.41 bits per heavy atom. The van der Waals surface area contributed by atoms with Gasteiger partial charge in [0.2, 0.25) is 5.82 Å². The van der Waals surface area contributed by atoms with E-state index in [1.54, 1.807) is 25.3 Å². The number of hydrogen-bond donors (Lipinski definition) is 0. The summed E-state index contributed by atoms with van der Waals surface area (Å²) >= 11 is 0. The normalized spacial score (nSPS) is 10.8. The van der Waals surface area contributed by atoms with Crippen LogP contribution in [0.3, 0.4) is 0 Å². The molecule has 0 aliphatic carbocycles. The molecule has 0 N–H and O–H groups in total. The van der Waals surface area contributed by atoms with Crippen LogP contribution in [-0.2, 0) is 18.4 Å². The van der Waals surface area contributed by atoms with Gasteiger partial charge in [-0.3, -0.25) is 0 Å². The van der Waals surface area contributed by atoms with Crippen LogP contribution in [0.1, 0.15) is 27.3 Å². The average Bonchev–Trinajstić information content (AvgIpc) is 3.12. The molecular formula is C21H19N3O5. The van der Waals surface area contributed by atoms with Crippen LogP contribution in [-0.4, -0.2) is 27.6 Å². The van der Waals surface area contributed by atoms with Crippen molar-refractivity contribution in [1.82, 2.24) is 9.55 Å². The van der Waals surface area contributed by atoms with E-state index in [1.807, 2.05) is 42.5 Å². The molecule has 0 amide bonds. The molecule has 0 spiro atoms. The summed E-state index contributed by atoms with van der Waals surface area (Å²) in [5.74, 6) is 0.758. The van der Waals surface area contributed by atoms with Gasteiger partial charge < -0.3 is 19.6 Å². The highest BCUT2D eigenvalue weighted by Crippen LogP contribution is 2.18. The third-order valence-corrected chi connectivity index (χ3v) is 4.27. The Morgan fingerprint density at radius 2 is 1.83 bits per heavy atom. The Morgan fingerprint density at radius 1 is 1.14 bits per heavy atom. The van der Waals surface area contributed by atoms with Crippen LogP contribution in [0.2, 0.25) is 0 Å². The molecule has 0 bridgehead atoms. The highest BCUT2D eigenvalue weighted by molar-refractivity contribution is 5.89. The van der Waals surface area contributed by atoms with Gasteiger partial charge in [-0.05, 0) is 46.4 Å². The number of imidazole rings is 1. The van der Waals surface area contributed by atoms with Crippen LogP contribution < -0.4 is 4.74 Å². The fourth-order valence-electron chi connectivity index (χ4n) is 2.61. The van der Waals surface area contributed by atoms with Gasteiger partial charge in [0.25, 0.3) is 0 Å². The van der Waals surface area contributed by atoms with Crippen LogP contribution in [0.5, 0.6) is 5.75 Å². The number of rotatable bonds is 7. The zero-order valence-electron chi connectivity index (χ0n) is 15.9. The topological polar surface area (TPSA) is 96.5 Å². The highest BCUT2D eigenvalue weighted by atomic mass is 16.6. The summed E-state index contributed by atoms with van der Waals surface area (Å²) in [6.45, 7) is 0.369. The zero-order valence-corrected chi connectivity index (χ0v) is 15.9. The van der Waals surface area contributed by atoms with E-state index >= 15 is 0 Å². The first kappa shape index (κ1) is 19.8. The molecule has 8 nitrogen and oxygen atoms in total. The summed E-state index contributed by atoms with van der Waals surface area (Å²) in [5.41, 5.74) is 2.33. The number of ether oxygens (including phenoxy) is 2. The van der Waals surface area contributed by atoms with Gasteiger partial charge in [0.15, 0.2) is 0 Å². The highest BCUT2D eigenvalue weighted by Gasteiger charge is 2.13. The number of hydrogen-bond acceptors (Lipinski definition) is 6. The van der Waals surface area contributed by atoms with E-state index in [0.29, 0.717) is 23.7 Å². The second kappa shape index (κ2) is 8.83. The van der Waals surface area contributed by atoms with Gasteiger partial charge in [0.05, 0.1) is 19.7 Å². The van der Waals surface area contributed by atoms with E-state index < -0.39 is 4.92 Å². The molecule has 29 heavy (non-hydrogen) atoms. The second-order valence-electron chi connectivity index (χ2n) is 6.17. The first-order valence-corrected chi connectivity index (χ1v) is 8.72. The Balaban J connectivity index is 1.59. The molecule has 8 heteroatoms. The predicted molar refractivity (Wildman–Crippen MR) is 107 cm³/mol. The predicted octanol–water partition coefficient (Wildman–Crippen LogP) is 3.86. The quantitative estimate of drug-likeness (QED) is 0.343. The molecule has 0 radical (unpaired) electrons. The molecule has 0 atom stereocenters. The summed E-state index contributed by atoms with van der Waals surface area (Å²) in [6, 6.07) is 14.4. The Bertz CT molecular complexity index is 1040. The van der Waals surface area contributed by atoms with E-state index in [9.17, 15) is 14.9 Å². The molecule has 0 saturated carbocycles. The fourth-order valence-corrected chi connectivity index (χ4v) is 2.61. The maximum atomic E-state index is 11.4. The number of carbonyl (C=O) groups is 1. The number of aromatic nitrogens is 2. The summed E-state index contributed by atoms with van der Waals surface area (Å²) in [4.78, 5) is 25.9. The number of methoxy groups -OCH3 is 1. The molecule has 3 rings (SSSR count). The lowest BCUT2D eigenvalue weighted by molar-refractivity contribution is -0.391. The van der Waals surface area contributed by atoms with Crippen molar-refractivity contribution in [2.24, 2.45) is 7.05 Å². The van der Waals surface area contributed by atoms with Gasteiger partial charge in [-0.1, -0.05) is 24.3 Å². The lowest BCUT2D eigenvalue weighted by atomic mass is 10.1. The van der Waals surface area contributed by atoms with Gasteiger partial charge >= 0.3 is 11.8 Å². The van der Waals surface area contributed by atoms with Gasteiger partial charge in [-0.15, -0.1) is 0 Å². The smallest absolute Gasteiger partial charge is 0.342 e. The number of nitrogens with zero attached hydrogens (tertiary/aromatic N) is 3. The van der Waals surface area contributed by atoms with Crippen molar-refractivity contribution in [1.29, 1.82) is 0 Å². The SMILES string of the molecule is COC(=O)c1ccc(COc2ccc(C=Cc3ncc([N+](=O)[O-])n3C)cc2)cc1. The van der Waals surface area contributed by atoms with Crippen molar-refractivity contribution in [3.63, 3.8) is 0 Å². The molecule has 0 fully saturated rings. The van der Waals surface area contributed by atoms with Crippen molar-refractivity contribution in [3.05, 3.63) is 87.4 Å². The first-order valence-electron chi connectivity index (χ1n) is 8.72. The first-order chi connectivity index (χ1) is 14.0. The number of esters is 1. The average molecular weight is 393 g/mol. The summed E-state index contributed by atoms with van der Waals surface area (Å²) in [7, 11) is 2.94. The maximum Gasteiger partial charge on any atom is 0.342 e. The minimum Gasteiger partial charge on any atom is -0.489 e. The van der Waals surface area contributed by atoms with Crippen LogP contribution in [0, 0.1) is 10.1 Å². The Kier molecular flexibility index (Phi) is 6.03. The van der Waals surface area contributed by atoms with Crippen molar-refractivity contribution in [2.45, 2.75) is 6.61 Å². The standard InChI is InChI=1S/C21H19N3O5/c1-23-19(22-13-20(23)24(26)27)12-7-15-5-10-18(11-6-15)29-14-16-3-8-17(9-4-16)21(25)28-2/h3-13H,14H2,1-2H3. The second-order valence-corrected chi connectivity index (χ2v) is 6.17. The molecule has 0 saturated heterocycles. The Labute approximate surface area is 167 Å². The fraction of sp³-hybridized carbons (Fsp3) is 0.143. The van der Waals surface area contributed by atoms with Crippen LogP contribution in [0.15, 0.2) is 54.7 Å². The Hall–Kier alpha value is -3.94. The lowest BCUT2D eigenvalue weighted by Gasteiger charge is -2.07. The number of carbonyl (C=O) groups excluding carboxylic acids is 1. The van der Waals surface area contributed by atoms with Crippen molar-refractivity contribution in [3.8, 4) is 5.75 Å². The van der Waals surface area contributed by atoms with Gasteiger partial charge in [-0.2, -0.15) is 0 Å². The van der Waals surface area contributed by atoms with Crippen molar-refractivity contribution < 1.29 is 19.2 Å². The minimum absolute atomic E-state index is 0.0620. The van der Waals surface area contributed by atoms with Crippen LogP contribution >= 0.6 is 0 Å². The van der Waals surface area contributed by atoms with E-state index in [-0.39, 0.29) is 11.8 Å². The molecule has 148 valence electrons. The summed E-state index contributed by atoms with van der Waals surface area (Å²) in [5, 5.41) is 10.9. The molecule has 0 unspecified atom stereocenters. The van der Waals surface area contributed by atoms with Crippen LogP contribution in [0.25, 0.3) is 12.2 Å². The molecule has 0 aliphatic heterocycles. The third kappa shape index (κ3) is 4.86. The van der Waals surface area contributed by atoms with Crippen molar-refractivity contribution in [2.75, 3.05) is 7.11 Å². The van der Waals surface area contributed by atoms with E-state index in [2.05, 4.69) is 9.72 Å². The van der Waals surface area contributed by atoms with E-state index in [4.69, 9.17) is 4.74 Å². The minimum atomic E-state index is -0.473. The van der Waals surface area contributed by atoms with Gasteiger partial charge in [0.1, 0.15) is 18.6 Å². The summed E-state index contributed by atoms with van der Waals surface area (Å²) in [6.07, 6.45) is 4.77. The lowest BCUT2D eigenvalue weighted by Crippen LogP contribution is -2.01. The zero-order chi connectivity index (χ0) is 20.8.